The van der Waals surface area contributed by atoms with Gasteiger partial charge in [-0.15, -0.1) is 0 Å². The molecule has 2 saturated heterocycles. The zero-order valence-corrected chi connectivity index (χ0v) is 10.6. The van der Waals surface area contributed by atoms with Crippen molar-refractivity contribution in [3.63, 3.8) is 0 Å². The maximum Gasteiger partial charge on any atom is 0.317 e. The summed E-state index contributed by atoms with van der Waals surface area (Å²) in [6.45, 7) is 4.39. The lowest BCUT2D eigenvalue weighted by molar-refractivity contribution is -0.142. The summed E-state index contributed by atoms with van der Waals surface area (Å²) in [7, 11) is 0. The second-order valence-electron chi connectivity index (χ2n) is 5.08. The Bertz CT molecular complexity index is 328. The van der Waals surface area contributed by atoms with Crippen molar-refractivity contribution in [2.24, 2.45) is 11.8 Å². The van der Waals surface area contributed by atoms with E-state index in [1.807, 2.05) is 0 Å². The maximum atomic E-state index is 12.0. The smallest absolute Gasteiger partial charge is 0.317 e. The number of nitrogens with one attached hydrogen (secondary N) is 1. The Labute approximate surface area is 106 Å². The van der Waals surface area contributed by atoms with Crippen LogP contribution in [0, 0.1) is 11.8 Å². The third-order valence-electron chi connectivity index (χ3n) is 3.90. The van der Waals surface area contributed by atoms with Gasteiger partial charge in [-0.3, -0.25) is 4.79 Å². The Kier molecular flexibility index (Phi) is 4.06. The average Bonchev–Trinajstić information content (AvgIpc) is 2.94. The Morgan fingerprint density at radius 1 is 1.44 bits per heavy atom. The third kappa shape index (κ3) is 2.75. The molecule has 0 spiro atoms. The van der Waals surface area contributed by atoms with E-state index in [-0.39, 0.29) is 12.1 Å². The number of urea groups is 1. The molecular weight excluding hydrogens is 236 g/mol. The molecule has 0 aliphatic carbocycles. The quantitative estimate of drug-likeness (QED) is 0.772. The van der Waals surface area contributed by atoms with E-state index >= 15 is 0 Å². The highest BCUT2D eigenvalue weighted by molar-refractivity contribution is 5.78. The molecule has 2 N–H and O–H groups in total. The van der Waals surface area contributed by atoms with E-state index in [0.29, 0.717) is 32.0 Å². The number of carbonyl (C=O) groups excluding carboxylic acids is 1. The molecule has 0 aromatic carbocycles. The van der Waals surface area contributed by atoms with Gasteiger partial charge in [-0.1, -0.05) is 0 Å². The normalized spacial score (nSPS) is 31.6. The molecular formula is C12H20N2O4. The second-order valence-corrected chi connectivity index (χ2v) is 5.08. The summed E-state index contributed by atoms with van der Waals surface area (Å²) in [4.78, 5) is 24.6. The maximum absolute atomic E-state index is 12.0. The lowest BCUT2D eigenvalue weighted by Crippen LogP contribution is -2.45. The van der Waals surface area contributed by atoms with Crippen LogP contribution in [0.4, 0.5) is 4.79 Å². The Morgan fingerprint density at radius 2 is 2.22 bits per heavy atom. The highest BCUT2D eigenvalue weighted by atomic mass is 16.5. The number of carboxylic acids is 1. The van der Waals surface area contributed by atoms with Crippen LogP contribution in [0.5, 0.6) is 0 Å². The number of amides is 2. The largest absolute Gasteiger partial charge is 0.481 e. The molecule has 2 heterocycles. The van der Waals surface area contributed by atoms with E-state index in [9.17, 15) is 9.59 Å². The number of aliphatic carboxylic acids is 1. The molecule has 2 rings (SSSR count). The summed E-state index contributed by atoms with van der Waals surface area (Å²) in [6.07, 6.45) is 1.52. The van der Waals surface area contributed by atoms with E-state index in [1.165, 1.54) is 0 Å². The van der Waals surface area contributed by atoms with Crippen LogP contribution in [0.25, 0.3) is 0 Å². The van der Waals surface area contributed by atoms with Crippen molar-refractivity contribution in [2.45, 2.75) is 25.8 Å². The lowest BCUT2D eigenvalue weighted by Gasteiger charge is -2.24. The van der Waals surface area contributed by atoms with Crippen LogP contribution in [0.15, 0.2) is 0 Å². The second kappa shape index (κ2) is 5.56. The van der Waals surface area contributed by atoms with Crippen LogP contribution in [0.2, 0.25) is 0 Å². The highest BCUT2D eigenvalue weighted by Crippen LogP contribution is 2.24. The van der Waals surface area contributed by atoms with E-state index in [2.05, 4.69) is 5.32 Å². The molecule has 0 bridgehead atoms. The molecule has 2 aliphatic rings. The fraction of sp³-hybridized carbons (Fsp3) is 0.833. The van der Waals surface area contributed by atoms with Crippen LogP contribution >= 0.6 is 0 Å². The van der Waals surface area contributed by atoms with Crippen LogP contribution in [-0.4, -0.2) is 54.4 Å². The average molecular weight is 256 g/mol. The van der Waals surface area contributed by atoms with E-state index in [4.69, 9.17) is 9.84 Å². The summed E-state index contributed by atoms with van der Waals surface area (Å²) >= 11 is 0. The monoisotopic (exact) mass is 256 g/mol. The van der Waals surface area contributed by atoms with Gasteiger partial charge in [0.1, 0.15) is 0 Å². The van der Waals surface area contributed by atoms with E-state index in [1.54, 1.807) is 11.8 Å². The zero-order chi connectivity index (χ0) is 13.1. The number of carboxylic acid groups (broad SMARTS) is 1. The predicted octanol–water partition coefficient (Wildman–Crippen LogP) is 0.527. The Balaban J connectivity index is 1.80. The fourth-order valence-corrected chi connectivity index (χ4v) is 2.63. The van der Waals surface area contributed by atoms with Gasteiger partial charge in [-0.25, -0.2) is 4.79 Å². The minimum atomic E-state index is -0.818. The van der Waals surface area contributed by atoms with Crippen LogP contribution in [-0.2, 0) is 9.53 Å². The van der Waals surface area contributed by atoms with Gasteiger partial charge >= 0.3 is 12.0 Å². The molecule has 2 amide bonds. The van der Waals surface area contributed by atoms with Crippen molar-refractivity contribution in [3.8, 4) is 0 Å². The van der Waals surface area contributed by atoms with Crippen molar-refractivity contribution in [1.82, 2.24) is 10.2 Å². The van der Waals surface area contributed by atoms with Crippen LogP contribution < -0.4 is 5.32 Å². The zero-order valence-electron chi connectivity index (χ0n) is 10.6. The summed E-state index contributed by atoms with van der Waals surface area (Å²) in [5.74, 6) is -0.866. The number of likely N-dealkylation sites (tertiary alicyclic amines) is 1. The number of nitrogens with zero attached hydrogens (tertiary/aromatic N) is 1. The van der Waals surface area contributed by atoms with E-state index < -0.39 is 11.9 Å². The molecule has 2 fully saturated rings. The summed E-state index contributed by atoms with van der Waals surface area (Å²) in [6, 6.07) is -0.388. The van der Waals surface area contributed by atoms with Crippen LogP contribution in [0.3, 0.4) is 0 Å². The molecule has 2 aliphatic heterocycles. The summed E-state index contributed by atoms with van der Waals surface area (Å²) < 4.78 is 5.24. The first-order valence-electron chi connectivity index (χ1n) is 6.44. The molecule has 0 aromatic rings. The highest BCUT2D eigenvalue weighted by Gasteiger charge is 2.38. The van der Waals surface area contributed by atoms with Gasteiger partial charge in [0.05, 0.1) is 12.5 Å². The van der Waals surface area contributed by atoms with Crippen molar-refractivity contribution >= 4 is 12.0 Å². The minimum absolute atomic E-state index is 0.154. The Morgan fingerprint density at radius 3 is 2.78 bits per heavy atom. The Hall–Kier alpha value is -1.30. The summed E-state index contributed by atoms with van der Waals surface area (Å²) in [5.41, 5.74) is 0. The third-order valence-corrected chi connectivity index (χ3v) is 3.90. The number of hydrogen-bond acceptors (Lipinski definition) is 3. The summed E-state index contributed by atoms with van der Waals surface area (Å²) in [5, 5.41) is 11.9. The van der Waals surface area contributed by atoms with Crippen LogP contribution in [0.1, 0.15) is 19.8 Å². The van der Waals surface area contributed by atoms with Crippen molar-refractivity contribution < 1.29 is 19.4 Å². The van der Waals surface area contributed by atoms with Gasteiger partial charge in [0, 0.05) is 31.7 Å². The fourth-order valence-electron chi connectivity index (χ4n) is 2.63. The molecule has 0 radical (unpaired) electrons. The first-order chi connectivity index (χ1) is 8.59. The minimum Gasteiger partial charge on any atom is -0.481 e. The number of hydrogen-bond donors (Lipinski definition) is 2. The first kappa shape index (κ1) is 13.1. The SMILES string of the molecule is CC1C(C(=O)O)CCN1C(=O)NCC1CCOC1. The molecule has 3 atom stereocenters. The number of ether oxygens (including phenoxy) is 1. The van der Waals surface area contributed by atoms with Gasteiger partial charge in [-0.2, -0.15) is 0 Å². The molecule has 3 unspecified atom stereocenters. The van der Waals surface area contributed by atoms with Crippen molar-refractivity contribution in [2.75, 3.05) is 26.3 Å². The van der Waals surface area contributed by atoms with Crippen molar-refractivity contribution in [3.05, 3.63) is 0 Å². The standard InChI is InChI=1S/C12H20N2O4/c1-8-10(11(15)16)2-4-14(8)12(17)13-6-9-3-5-18-7-9/h8-10H,2-7H2,1H3,(H,13,17)(H,15,16). The van der Waals surface area contributed by atoms with Crippen molar-refractivity contribution in [1.29, 1.82) is 0 Å². The van der Waals surface area contributed by atoms with Gasteiger partial charge in [0.15, 0.2) is 0 Å². The predicted molar refractivity (Wildman–Crippen MR) is 64.2 cm³/mol. The molecule has 102 valence electrons. The van der Waals surface area contributed by atoms with E-state index in [0.717, 1.165) is 13.0 Å². The van der Waals surface area contributed by atoms with Gasteiger partial charge < -0.3 is 20.1 Å². The molecule has 0 aromatic heterocycles. The molecule has 0 saturated carbocycles. The molecule has 18 heavy (non-hydrogen) atoms. The number of rotatable bonds is 3. The first-order valence-corrected chi connectivity index (χ1v) is 6.44. The van der Waals surface area contributed by atoms with Gasteiger partial charge in [-0.05, 0) is 19.8 Å². The molecule has 6 nitrogen and oxygen atoms in total. The topological polar surface area (TPSA) is 78.9 Å². The van der Waals surface area contributed by atoms with Gasteiger partial charge in [0.2, 0.25) is 0 Å². The number of carbonyl (C=O) groups is 2. The molecule has 6 heteroatoms. The van der Waals surface area contributed by atoms with Gasteiger partial charge in [0.25, 0.3) is 0 Å². The lowest BCUT2D eigenvalue weighted by atomic mass is 10.0.